The van der Waals surface area contributed by atoms with Crippen molar-refractivity contribution in [3.63, 3.8) is 0 Å². The van der Waals surface area contributed by atoms with E-state index in [2.05, 4.69) is 40.0 Å². The normalized spacial score (nSPS) is 16.8. The predicted octanol–water partition coefficient (Wildman–Crippen LogP) is 2.71. The summed E-state index contributed by atoms with van der Waals surface area (Å²) in [6.45, 7) is 4.83. The molecule has 0 saturated heterocycles. The second-order valence-corrected chi connectivity index (χ2v) is 5.16. The number of imidazole rings is 1. The quantitative estimate of drug-likeness (QED) is 0.908. The topological polar surface area (TPSA) is 39.1 Å². The van der Waals surface area contributed by atoms with E-state index in [0.29, 0.717) is 6.04 Å². The maximum absolute atomic E-state index is 5.49. The number of ether oxygens (including phenoxy) is 1. The summed E-state index contributed by atoms with van der Waals surface area (Å²) in [5.41, 5.74) is 3.60. The third kappa shape index (κ3) is 2.70. The summed E-state index contributed by atoms with van der Waals surface area (Å²) in [6.07, 6.45) is 6.10. The molecule has 2 heterocycles. The van der Waals surface area contributed by atoms with Crippen molar-refractivity contribution in [2.45, 2.75) is 32.4 Å². The second-order valence-electron chi connectivity index (χ2n) is 5.16. The number of para-hydroxylation sites is 2. The van der Waals surface area contributed by atoms with Gasteiger partial charge in [-0.3, -0.25) is 0 Å². The van der Waals surface area contributed by atoms with Gasteiger partial charge in [0.25, 0.3) is 0 Å². The monoisotopic (exact) mass is 271 g/mol. The molecule has 0 amide bonds. The summed E-state index contributed by atoms with van der Waals surface area (Å²) in [7, 11) is 0. The van der Waals surface area contributed by atoms with Gasteiger partial charge in [-0.1, -0.05) is 19.1 Å². The molecular formula is C16H21N3O. The molecular weight excluding hydrogens is 250 g/mol. The smallest absolute Gasteiger partial charge is 0.0958 e. The van der Waals surface area contributed by atoms with Crippen molar-refractivity contribution >= 4 is 11.0 Å². The van der Waals surface area contributed by atoms with E-state index in [1.165, 1.54) is 11.1 Å². The molecule has 4 nitrogen and oxygen atoms in total. The molecule has 2 aromatic rings. The van der Waals surface area contributed by atoms with E-state index < -0.39 is 0 Å². The fraction of sp³-hybridized carbons (Fsp3) is 0.438. The lowest BCUT2D eigenvalue weighted by atomic mass is 10.0. The Kier molecular flexibility index (Phi) is 4.02. The van der Waals surface area contributed by atoms with Gasteiger partial charge in [0, 0.05) is 12.6 Å². The van der Waals surface area contributed by atoms with Gasteiger partial charge in [0.2, 0.25) is 0 Å². The lowest BCUT2D eigenvalue weighted by Gasteiger charge is -2.24. The summed E-state index contributed by atoms with van der Waals surface area (Å²) < 4.78 is 7.71. The molecule has 0 fully saturated rings. The first-order chi connectivity index (χ1) is 9.88. The van der Waals surface area contributed by atoms with Gasteiger partial charge in [-0.25, -0.2) is 4.98 Å². The van der Waals surface area contributed by atoms with Crippen LogP contribution in [0.1, 0.15) is 19.8 Å². The maximum atomic E-state index is 5.49. The van der Waals surface area contributed by atoms with Crippen LogP contribution < -0.4 is 5.32 Å². The zero-order chi connectivity index (χ0) is 13.8. The van der Waals surface area contributed by atoms with Gasteiger partial charge in [0.05, 0.1) is 30.2 Å². The minimum absolute atomic E-state index is 0.318. The Bertz CT molecular complexity index is 603. The predicted molar refractivity (Wildman–Crippen MR) is 80.5 cm³/mol. The molecule has 4 heteroatoms. The van der Waals surface area contributed by atoms with Crippen LogP contribution in [0.25, 0.3) is 11.0 Å². The lowest BCUT2D eigenvalue weighted by molar-refractivity contribution is 0.218. The zero-order valence-corrected chi connectivity index (χ0v) is 11.9. The van der Waals surface area contributed by atoms with Gasteiger partial charge in [-0.15, -0.1) is 0 Å². The molecule has 1 unspecified atom stereocenters. The highest BCUT2D eigenvalue weighted by atomic mass is 16.5. The minimum Gasteiger partial charge on any atom is -0.501 e. The lowest BCUT2D eigenvalue weighted by Crippen LogP contribution is -2.35. The maximum Gasteiger partial charge on any atom is 0.0958 e. The average molecular weight is 271 g/mol. The van der Waals surface area contributed by atoms with Crippen LogP contribution in [0.2, 0.25) is 0 Å². The minimum atomic E-state index is 0.318. The van der Waals surface area contributed by atoms with Crippen LogP contribution in [0.15, 0.2) is 42.4 Å². The Morgan fingerprint density at radius 3 is 3.10 bits per heavy atom. The van der Waals surface area contributed by atoms with Crippen LogP contribution in [0.3, 0.4) is 0 Å². The van der Waals surface area contributed by atoms with Crippen LogP contribution in [-0.4, -0.2) is 28.7 Å². The van der Waals surface area contributed by atoms with Crippen molar-refractivity contribution in [2.24, 2.45) is 0 Å². The molecule has 0 radical (unpaired) electrons. The van der Waals surface area contributed by atoms with Crippen molar-refractivity contribution in [3.05, 3.63) is 42.4 Å². The average Bonchev–Trinajstić information content (AvgIpc) is 2.91. The molecule has 1 aromatic heterocycles. The van der Waals surface area contributed by atoms with Crippen LogP contribution in [0, 0.1) is 0 Å². The number of nitrogens with zero attached hydrogens (tertiary/aromatic N) is 2. The number of likely N-dealkylation sites (N-methyl/N-ethyl adjacent to an activating group) is 1. The standard InChI is InChI=1S/C16H21N3O/c1-2-17-15(13-6-5-9-20-11-13)10-19-12-18-14-7-3-4-8-16(14)19/h3-4,7-8,11-12,15,17H,2,5-6,9-10H2,1H3. The van der Waals surface area contributed by atoms with Crippen molar-refractivity contribution in [1.82, 2.24) is 14.9 Å². The van der Waals surface area contributed by atoms with Crippen molar-refractivity contribution < 1.29 is 4.74 Å². The Labute approximate surface area is 119 Å². The van der Waals surface area contributed by atoms with E-state index in [4.69, 9.17) is 4.74 Å². The van der Waals surface area contributed by atoms with Gasteiger partial charge in [-0.05, 0) is 37.1 Å². The summed E-state index contributed by atoms with van der Waals surface area (Å²) in [5.74, 6) is 0. The Hall–Kier alpha value is -1.81. The number of benzene rings is 1. The van der Waals surface area contributed by atoms with Gasteiger partial charge < -0.3 is 14.6 Å². The van der Waals surface area contributed by atoms with Crippen molar-refractivity contribution in [1.29, 1.82) is 0 Å². The molecule has 1 aromatic carbocycles. The number of fused-ring (bicyclic) bond motifs is 1. The van der Waals surface area contributed by atoms with E-state index in [-0.39, 0.29) is 0 Å². The summed E-state index contributed by atoms with van der Waals surface area (Å²) in [4.78, 5) is 4.46. The van der Waals surface area contributed by atoms with Crippen molar-refractivity contribution in [3.8, 4) is 0 Å². The second kappa shape index (κ2) is 6.09. The van der Waals surface area contributed by atoms with Gasteiger partial charge in [0.1, 0.15) is 0 Å². The summed E-state index contributed by atoms with van der Waals surface area (Å²) >= 11 is 0. The largest absolute Gasteiger partial charge is 0.501 e. The van der Waals surface area contributed by atoms with E-state index in [1.54, 1.807) is 0 Å². The van der Waals surface area contributed by atoms with Crippen LogP contribution in [0.5, 0.6) is 0 Å². The SMILES string of the molecule is CCNC(Cn1cnc2ccccc21)C1=COCCC1. The fourth-order valence-electron chi connectivity index (χ4n) is 2.75. The third-order valence-electron chi connectivity index (χ3n) is 3.77. The zero-order valence-electron chi connectivity index (χ0n) is 11.9. The first-order valence-electron chi connectivity index (χ1n) is 7.32. The first-order valence-corrected chi connectivity index (χ1v) is 7.32. The summed E-state index contributed by atoms with van der Waals surface area (Å²) in [5, 5.41) is 3.56. The van der Waals surface area contributed by atoms with E-state index in [1.807, 2.05) is 18.7 Å². The van der Waals surface area contributed by atoms with Crippen LogP contribution >= 0.6 is 0 Å². The molecule has 1 aliphatic rings. The van der Waals surface area contributed by atoms with E-state index in [0.717, 1.165) is 38.1 Å². The number of hydrogen-bond donors (Lipinski definition) is 1. The highest BCUT2D eigenvalue weighted by Crippen LogP contribution is 2.19. The van der Waals surface area contributed by atoms with Gasteiger partial charge >= 0.3 is 0 Å². The molecule has 1 N–H and O–H groups in total. The molecule has 0 saturated carbocycles. The number of hydrogen-bond acceptors (Lipinski definition) is 3. The number of nitrogens with one attached hydrogen (secondary N) is 1. The van der Waals surface area contributed by atoms with E-state index in [9.17, 15) is 0 Å². The van der Waals surface area contributed by atoms with Gasteiger partial charge in [0.15, 0.2) is 0 Å². The molecule has 106 valence electrons. The molecule has 1 aliphatic heterocycles. The Balaban J connectivity index is 1.84. The molecule has 20 heavy (non-hydrogen) atoms. The molecule has 0 aliphatic carbocycles. The first kappa shape index (κ1) is 13.2. The summed E-state index contributed by atoms with van der Waals surface area (Å²) in [6, 6.07) is 8.58. The third-order valence-corrected chi connectivity index (χ3v) is 3.77. The van der Waals surface area contributed by atoms with Gasteiger partial charge in [-0.2, -0.15) is 0 Å². The molecule has 1 atom stereocenters. The Morgan fingerprint density at radius 2 is 2.30 bits per heavy atom. The number of aromatic nitrogens is 2. The van der Waals surface area contributed by atoms with E-state index >= 15 is 0 Å². The molecule has 0 spiro atoms. The Morgan fingerprint density at radius 1 is 1.40 bits per heavy atom. The highest BCUT2D eigenvalue weighted by molar-refractivity contribution is 5.74. The fourth-order valence-corrected chi connectivity index (χ4v) is 2.75. The molecule has 3 rings (SSSR count). The molecule has 0 bridgehead atoms. The highest BCUT2D eigenvalue weighted by Gasteiger charge is 2.17. The van der Waals surface area contributed by atoms with Crippen molar-refractivity contribution in [2.75, 3.05) is 13.2 Å². The number of rotatable bonds is 5. The van der Waals surface area contributed by atoms with Crippen LogP contribution in [0.4, 0.5) is 0 Å². The van der Waals surface area contributed by atoms with Crippen LogP contribution in [-0.2, 0) is 11.3 Å².